The highest BCUT2D eigenvalue weighted by atomic mass is 16.5. The van der Waals surface area contributed by atoms with Gasteiger partial charge in [-0.15, -0.1) is 0 Å². The summed E-state index contributed by atoms with van der Waals surface area (Å²) in [6, 6.07) is 0.874. The standard InChI is InChI=1S/C14H21N3O4/c1-8(2)11-6-10(15-16(11)3)13(18)17-7-9(21-4)5-12(17)14(19)20/h6,8-9,12H,5,7H2,1-4H3,(H,19,20). The van der Waals surface area contributed by atoms with Crippen molar-refractivity contribution in [1.82, 2.24) is 14.7 Å². The average molecular weight is 295 g/mol. The lowest BCUT2D eigenvalue weighted by atomic mass is 10.1. The predicted molar refractivity (Wildman–Crippen MR) is 75.2 cm³/mol. The van der Waals surface area contributed by atoms with Gasteiger partial charge in [-0.1, -0.05) is 13.8 Å². The number of likely N-dealkylation sites (tertiary alicyclic amines) is 1. The van der Waals surface area contributed by atoms with Gasteiger partial charge in [0.1, 0.15) is 6.04 Å². The van der Waals surface area contributed by atoms with E-state index in [2.05, 4.69) is 5.10 Å². The zero-order chi connectivity index (χ0) is 15.7. The molecule has 0 bridgehead atoms. The van der Waals surface area contributed by atoms with Crippen LogP contribution in [0.15, 0.2) is 6.07 Å². The molecule has 0 aliphatic carbocycles. The molecule has 1 N–H and O–H groups in total. The Hall–Kier alpha value is -1.89. The van der Waals surface area contributed by atoms with E-state index in [9.17, 15) is 14.7 Å². The Morgan fingerprint density at radius 3 is 2.62 bits per heavy atom. The molecule has 7 heteroatoms. The molecule has 7 nitrogen and oxygen atoms in total. The molecule has 0 aromatic carbocycles. The van der Waals surface area contributed by atoms with Crippen LogP contribution in [0.4, 0.5) is 0 Å². The predicted octanol–water partition coefficient (Wildman–Crippen LogP) is 0.858. The van der Waals surface area contributed by atoms with E-state index in [1.165, 1.54) is 12.0 Å². The van der Waals surface area contributed by atoms with Gasteiger partial charge in [0, 0.05) is 32.8 Å². The van der Waals surface area contributed by atoms with E-state index in [4.69, 9.17) is 4.74 Å². The van der Waals surface area contributed by atoms with Gasteiger partial charge in [0.15, 0.2) is 5.69 Å². The summed E-state index contributed by atoms with van der Waals surface area (Å²) >= 11 is 0. The Labute approximate surface area is 123 Å². The maximum atomic E-state index is 12.5. The number of hydrogen-bond acceptors (Lipinski definition) is 4. The molecule has 2 atom stereocenters. The van der Waals surface area contributed by atoms with E-state index < -0.39 is 12.0 Å². The van der Waals surface area contributed by atoms with Gasteiger partial charge in [0.2, 0.25) is 0 Å². The quantitative estimate of drug-likeness (QED) is 0.890. The Kier molecular flexibility index (Phi) is 4.32. The van der Waals surface area contributed by atoms with Gasteiger partial charge in [0.05, 0.1) is 6.10 Å². The summed E-state index contributed by atoms with van der Waals surface area (Å²) in [5, 5.41) is 13.5. The van der Waals surface area contributed by atoms with Crippen molar-refractivity contribution in [3.8, 4) is 0 Å². The maximum absolute atomic E-state index is 12.5. The first-order valence-electron chi connectivity index (χ1n) is 6.95. The number of ether oxygens (including phenoxy) is 1. The van der Waals surface area contributed by atoms with E-state index in [0.29, 0.717) is 6.42 Å². The number of aromatic nitrogens is 2. The second-order valence-electron chi connectivity index (χ2n) is 5.64. The molecule has 21 heavy (non-hydrogen) atoms. The Morgan fingerprint density at radius 1 is 1.48 bits per heavy atom. The fourth-order valence-electron chi connectivity index (χ4n) is 2.70. The topological polar surface area (TPSA) is 84.7 Å². The summed E-state index contributed by atoms with van der Waals surface area (Å²) in [6.07, 6.45) is 0.0601. The van der Waals surface area contributed by atoms with Gasteiger partial charge in [0.25, 0.3) is 5.91 Å². The van der Waals surface area contributed by atoms with E-state index in [-0.39, 0.29) is 30.2 Å². The van der Waals surface area contributed by atoms with Crippen LogP contribution in [0.5, 0.6) is 0 Å². The normalized spacial score (nSPS) is 22.0. The third-order valence-electron chi connectivity index (χ3n) is 3.87. The van der Waals surface area contributed by atoms with Crippen LogP contribution in [0.2, 0.25) is 0 Å². The molecule has 0 saturated carbocycles. The van der Waals surface area contributed by atoms with Gasteiger partial charge in [-0.25, -0.2) is 4.79 Å². The van der Waals surface area contributed by atoms with E-state index in [1.54, 1.807) is 17.8 Å². The number of rotatable bonds is 4. The summed E-state index contributed by atoms with van der Waals surface area (Å²) < 4.78 is 6.86. The SMILES string of the molecule is COC1CC(C(=O)O)N(C(=O)c2cc(C(C)C)n(C)n2)C1. The number of carboxylic acid groups (broad SMARTS) is 1. The minimum atomic E-state index is -1.01. The van der Waals surface area contributed by atoms with Crippen LogP contribution in [0, 0.1) is 0 Å². The fraction of sp³-hybridized carbons (Fsp3) is 0.643. The molecule has 0 spiro atoms. The van der Waals surface area contributed by atoms with Gasteiger partial charge < -0.3 is 14.7 Å². The number of carbonyl (C=O) groups excluding carboxylic acids is 1. The van der Waals surface area contributed by atoms with Crippen molar-refractivity contribution < 1.29 is 19.4 Å². The van der Waals surface area contributed by atoms with Crippen molar-refractivity contribution in [2.75, 3.05) is 13.7 Å². The van der Waals surface area contributed by atoms with E-state index >= 15 is 0 Å². The van der Waals surface area contributed by atoms with Gasteiger partial charge in [-0.3, -0.25) is 9.48 Å². The molecular weight excluding hydrogens is 274 g/mol. The number of aryl methyl sites for hydroxylation is 1. The van der Waals surface area contributed by atoms with Crippen molar-refractivity contribution in [3.05, 3.63) is 17.5 Å². The first kappa shape index (κ1) is 15.5. The monoisotopic (exact) mass is 295 g/mol. The molecule has 1 aliphatic heterocycles. The lowest BCUT2D eigenvalue weighted by molar-refractivity contribution is -0.141. The summed E-state index contributed by atoms with van der Waals surface area (Å²) in [5.41, 5.74) is 1.22. The molecular formula is C14H21N3O4. The van der Waals surface area contributed by atoms with Crippen molar-refractivity contribution in [2.45, 2.75) is 38.3 Å². The first-order chi connectivity index (χ1) is 9.85. The lowest BCUT2D eigenvalue weighted by Crippen LogP contribution is -2.40. The summed E-state index contributed by atoms with van der Waals surface area (Å²) in [5.74, 6) is -1.13. The first-order valence-corrected chi connectivity index (χ1v) is 6.95. The zero-order valence-electron chi connectivity index (χ0n) is 12.7. The molecule has 2 unspecified atom stereocenters. The Balaban J connectivity index is 2.26. The average Bonchev–Trinajstić information content (AvgIpc) is 3.01. The number of carboxylic acids is 1. The molecule has 2 heterocycles. The van der Waals surface area contributed by atoms with Crippen LogP contribution >= 0.6 is 0 Å². The van der Waals surface area contributed by atoms with Crippen LogP contribution < -0.4 is 0 Å². The highest BCUT2D eigenvalue weighted by Gasteiger charge is 2.40. The molecule has 1 aromatic rings. The highest BCUT2D eigenvalue weighted by molar-refractivity contribution is 5.95. The Bertz CT molecular complexity index is 552. The molecule has 1 saturated heterocycles. The largest absolute Gasteiger partial charge is 0.480 e. The highest BCUT2D eigenvalue weighted by Crippen LogP contribution is 2.23. The summed E-state index contributed by atoms with van der Waals surface area (Å²) in [6.45, 7) is 4.31. The van der Waals surface area contributed by atoms with Gasteiger partial charge >= 0.3 is 5.97 Å². The van der Waals surface area contributed by atoms with Crippen molar-refractivity contribution in [2.24, 2.45) is 7.05 Å². The second-order valence-corrected chi connectivity index (χ2v) is 5.64. The lowest BCUT2D eigenvalue weighted by Gasteiger charge is -2.19. The van der Waals surface area contributed by atoms with Crippen molar-refractivity contribution >= 4 is 11.9 Å². The molecule has 2 rings (SSSR count). The smallest absolute Gasteiger partial charge is 0.326 e. The summed E-state index contributed by atoms with van der Waals surface area (Å²) in [7, 11) is 3.30. The minimum Gasteiger partial charge on any atom is -0.480 e. The molecule has 0 radical (unpaired) electrons. The van der Waals surface area contributed by atoms with Gasteiger partial charge in [-0.2, -0.15) is 5.10 Å². The zero-order valence-corrected chi connectivity index (χ0v) is 12.7. The van der Waals surface area contributed by atoms with E-state index in [0.717, 1.165) is 5.69 Å². The fourth-order valence-corrected chi connectivity index (χ4v) is 2.70. The second kappa shape index (κ2) is 5.85. The van der Waals surface area contributed by atoms with Crippen LogP contribution in [0.1, 0.15) is 42.4 Å². The molecule has 1 fully saturated rings. The number of amides is 1. The third kappa shape index (κ3) is 2.92. The van der Waals surface area contributed by atoms with Crippen LogP contribution in [-0.2, 0) is 16.6 Å². The van der Waals surface area contributed by atoms with Crippen LogP contribution in [0.25, 0.3) is 0 Å². The van der Waals surface area contributed by atoms with Crippen molar-refractivity contribution in [1.29, 1.82) is 0 Å². The Morgan fingerprint density at radius 2 is 2.14 bits per heavy atom. The number of carbonyl (C=O) groups is 2. The van der Waals surface area contributed by atoms with Crippen LogP contribution in [-0.4, -0.2) is 57.5 Å². The number of methoxy groups -OCH3 is 1. The maximum Gasteiger partial charge on any atom is 0.326 e. The van der Waals surface area contributed by atoms with Gasteiger partial charge in [-0.05, 0) is 12.0 Å². The molecule has 1 aliphatic rings. The molecule has 1 aromatic heterocycles. The van der Waals surface area contributed by atoms with E-state index in [1.807, 2.05) is 13.8 Å². The number of hydrogen-bond donors (Lipinski definition) is 1. The number of nitrogens with zero attached hydrogens (tertiary/aromatic N) is 3. The summed E-state index contributed by atoms with van der Waals surface area (Å²) in [4.78, 5) is 25.2. The third-order valence-corrected chi connectivity index (χ3v) is 3.87. The molecule has 116 valence electrons. The van der Waals surface area contributed by atoms with Crippen LogP contribution in [0.3, 0.4) is 0 Å². The minimum absolute atomic E-state index is 0.240. The molecule has 1 amide bonds. The number of aliphatic carboxylic acids is 1. The van der Waals surface area contributed by atoms with Crippen molar-refractivity contribution in [3.63, 3.8) is 0 Å².